The minimum absolute atomic E-state index is 0.0354. The van der Waals surface area contributed by atoms with Crippen LogP contribution in [0.15, 0.2) is 0 Å². The molecule has 2 saturated carbocycles. The normalized spacial score (nSPS) is 33.3. The van der Waals surface area contributed by atoms with Gasteiger partial charge in [-0.15, -0.1) is 0 Å². The Hall–Kier alpha value is -0.330. The zero-order chi connectivity index (χ0) is 12.3. The number of carbonyl (C=O) groups excluding carboxylic acids is 1. The van der Waals surface area contributed by atoms with Crippen molar-refractivity contribution < 1.29 is 4.79 Å². The van der Waals surface area contributed by atoms with Gasteiger partial charge in [-0.3, -0.25) is 4.79 Å². The molecule has 0 amide bonds. The van der Waals surface area contributed by atoms with Crippen LogP contribution in [0.25, 0.3) is 0 Å². The van der Waals surface area contributed by atoms with E-state index in [-0.39, 0.29) is 5.41 Å². The highest BCUT2D eigenvalue weighted by Gasteiger charge is 2.41. The van der Waals surface area contributed by atoms with Gasteiger partial charge in [0.05, 0.1) is 0 Å². The summed E-state index contributed by atoms with van der Waals surface area (Å²) in [5.41, 5.74) is 0.0354. The van der Waals surface area contributed by atoms with E-state index < -0.39 is 0 Å². The van der Waals surface area contributed by atoms with Crippen LogP contribution in [0.1, 0.15) is 78.1 Å². The summed E-state index contributed by atoms with van der Waals surface area (Å²) in [7, 11) is 0. The highest BCUT2D eigenvalue weighted by molar-refractivity contribution is 5.87. The van der Waals surface area contributed by atoms with Crippen LogP contribution in [0.2, 0.25) is 0 Å². The lowest BCUT2D eigenvalue weighted by Gasteiger charge is -2.39. The molecule has 0 N–H and O–H groups in total. The molecular formula is C16H28O. The molecule has 1 heteroatoms. The van der Waals surface area contributed by atoms with Crippen LogP contribution in [0.3, 0.4) is 0 Å². The van der Waals surface area contributed by atoms with Crippen molar-refractivity contribution in [2.24, 2.45) is 17.3 Å². The Balaban J connectivity index is 2.06. The van der Waals surface area contributed by atoms with E-state index in [9.17, 15) is 4.79 Å². The minimum Gasteiger partial charge on any atom is -0.299 e. The van der Waals surface area contributed by atoms with E-state index in [2.05, 4.69) is 13.8 Å². The van der Waals surface area contributed by atoms with E-state index in [0.29, 0.717) is 17.6 Å². The quantitative estimate of drug-likeness (QED) is 0.691. The number of rotatable bonds is 3. The average molecular weight is 236 g/mol. The molecule has 0 aromatic carbocycles. The van der Waals surface area contributed by atoms with Gasteiger partial charge in [0.2, 0.25) is 0 Å². The molecular weight excluding hydrogens is 208 g/mol. The van der Waals surface area contributed by atoms with E-state index in [4.69, 9.17) is 0 Å². The van der Waals surface area contributed by atoms with Crippen LogP contribution < -0.4 is 0 Å². The van der Waals surface area contributed by atoms with Crippen LogP contribution in [0, 0.1) is 17.3 Å². The third-order valence-corrected chi connectivity index (χ3v) is 5.32. The standard InChI is InChI=1S/C16H28O/c1-3-13-9-5-6-10-14(13)15(17)16(2)11-7-4-8-12-16/h13-14H,3-12H2,1-2H3. The average Bonchev–Trinajstić information content (AvgIpc) is 2.38. The van der Waals surface area contributed by atoms with Gasteiger partial charge in [0.25, 0.3) is 0 Å². The monoisotopic (exact) mass is 236 g/mol. The molecule has 0 bridgehead atoms. The second kappa shape index (κ2) is 5.54. The molecule has 0 radical (unpaired) electrons. The van der Waals surface area contributed by atoms with Gasteiger partial charge in [-0.2, -0.15) is 0 Å². The molecule has 2 rings (SSSR count). The Morgan fingerprint density at radius 2 is 1.71 bits per heavy atom. The first-order valence-corrected chi connectivity index (χ1v) is 7.72. The van der Waals surface area contributed by atoms with Gasteiger partial charge in [-0.25, -0.2) is 0 Å². The third-order valence-electron chi connectivity index (χ3n) is 5.32. The molecule has 0 spiro atoms. The van der Waals surface area contributed by atoms with E-state index in [1.165, 1.54) is 51.4 Å². The Bertz CT molecular complexity index is 263. The lowest BCUT2D eigenvalue weighted by atomic mass is 9.64. The maximum atomic E-state index is 12.8. The number of carbonyl (C=O) groups is 1. The van der Waals surface area contributed by atoms with Crippen LogP contribution >= 0.6 is 0 Å². The summed E-state index contributed by atoms with van der Waals surface area (Å²) < 4.78 is 0. The van der Waals surface area contributed by atoms with Crippen LogP contribution in [0.5, 0.6) is 0 Å². The zero-order valence-corrected chi connectivity index (χ0v) is 11.6. The Kier molecular flexibility index (Phi) is 4.27. The Labute approximate surface area is 106 Å². The highest BCUT2D eigenvalue weighted by Crippen LogP contribution is 2.43. The SMILES string of the molecule is CCC1CCCCC1C(=O)C1(C)CCCCC1. The molecule has 17 heavy (non-hydrogen) atoms. The van der Waals surface area contributed by atoms with Crippen LogP contribution in [-0.4, -0.2) is 5.78 Å². The number of ketones is 1. The maximum absolute atomic E-state index is 12.8. The van der Waals surface area contributed by atoms with Gasteiger partial charge in [-0.1, -0.05) is 52.4 Å². The van der Waals surface area contributed by atoms with Crippen molar-refractivity contribution in [2.45, 2.75) is 78.1 Å². The summed E-state index contributed by atoms with van der Waals surface area (Å²) in [6.45, 7) is 4.51. The van der Waals surface area contributed by atoms with Crippen molar-refractivity contribution >= 4 is 5.78 Å². The van der Waals surface area contributed by atoms with Crippen molar-refractivity contribution in [3.63, 3.8) is 0 Å². The third kappa shape index (κ3) is 2.74. The fraction of sp³-hybridized carbons (Fsp3) is 0.938. The first-order valence-electron chi connectivity index (χ1n) is 7.72. The van der Waals surface area contributed by atoms with E-state index in [1.54, 1.807) is 0 Å². The van der Waals surface area contributed by atoms with Crippen molar-refractivity contribution in [1.82, 2.24) is 0 Å². The van der Waals surface area contributed by atoms with Gasteiger partial charge < -0.3 is 0 Å². The topological polar surface area (TPSA) is 17.1 Å². The van der Waals surface area contributed by atoms with Crippen molar-refractivity contribution in [3.8, 4) is 0 Å². The molecule has 0 aromatic heterocycles. The van der Waals surface area contributed by atoms with Crippen molar-refractivity contribution in [1.29, 1.82) is 0 Å². The van der Waals surface area contributed by atoms with Crippen LogP contribution in [0.4, 0.5) is 0 Å². The second-order valence-corrected chi connectivity index (χ2v) is 6.54. The molecule has 0 heterocycles. The largest absolute Gasteiger partial charge is 0.299 e. The fourth-order valence-corrected chi connectivity index (χ4v) is 4.07. The fourth-order valence-electron chi connectivity index (χ4n) is 4.07. The summed E-state index contributed by atoms with van der Waals surface area (Å²) in [6.07, 6.45) is 12.5. The molecule has 2 atom stereocenters. The lowest BCUT2D eigenvalue weighted by molar-refractivity contribution is -0.136. The second-order valence-electron chi connectivity index (χ2n) is 6.54. The highest BCUT2D eigenvalue weighted by atomic mass is 16.1. The molecule has 2 fully saturated rings. The minimum atomic E-state index is 0.0354. The number of hydrogen-bond acceptors (Lipinski definition) is 1. The summed E-state index contributed by atoms with van der Waals surface area (Å²) >= 11 is 0. The molecule has 2 aliphatic rings. The number of Topliss-reactive ketones (excluding diaryl/α,β-unsaturated/α-hetero) is 1. The summed E-state index contributed by atoms with van der Waals surface area (Å²) in [5.74, 6) is 1.72. The summed E-state index contributed by atoms with van der Waals surface area (Å²) in [5, 5.41) is 0. The van der Waals surface area contributed by atoms with Crippen LogP contribution in [-0.2, 0) is 4.79 Å². The van der Waals surface area contributed by atoms with Crippen molar-refractivity contribution in [2.75, 3.05) is 0 Å². The summed E-state index contributed by atoms with van der Waals surface area (Å²) in [6, 6.07) is 0. The molecule has 2 aliphatic carbocycles. The molecule has 0 saturated heterocycles. The zero-order valence-electron chi connectivity index (χ0n) is 11.6. The predicted molar refractivity (Wildman–Crippen MR) is 71.9 cm³/mol. The summed E-state index contributed by atoms with van der Waals surface area (Å²) in [4.78, 5) is 12.8. The van der Waals surface area contributed by atoms with E-state index >= 15 is 0 Å². The lowest BCUT2D eigenvalue weighted by Crippen LogP contribution is -2.39. The molecule has 98 valence electrons. The maximum Gasteiger partial charge on any atom is 0.142 e. The molecule has 0 aromatic rings. The predicted octanol–water partition coefficient (Wildman–Crippen LogP) is 4.74. The molecule has 1 nitrogen and oxygen atoms in total. The Morgan fingerprint density at radius 1 is 1.06 bits per heavy atom. The molecule has 0 aliphatic heterocycles. The first-order chi connectivity index (χ1) is 8.17. The van der Waals surface area contributed by atoms with E-state index in [1.807, 2.05) is 0 Å². The van der Waals surface area contributed by atoms with Gasteiger partial charge in [-0.05, 0) is 31.6 Å². The molecule has 2 unspecified atom stereocenters. The van der Waals surface area contributed by atoms with E-state index in [0.717, 1.165) is 12.8 Å². The van der Waals surface area contributed by atoms with Gasteiger partial charge in [0, 0.05) is 11.3 Å². The smallest absolute Gasteiger partial charge is 0.142 e. The van der Waals surface area contributed by atoms with Gasteiger partial charge in [0.15, 0.2) is 0 Å². The Morgan fingerprint density at radius 3 is 2.35 bits per heavy atom. The van der Waals surface area contributed by atoms with Crippen molar-refractivity contribution in [3.05, 3.63) is 0 Å². The first kappa shape index (κ1) is 13.1. The van der Waals surface area contributed by atoms with Gasteiger partial charge in [0.1, 0.15) is 5.78 Å². The van der Waals surface area contributed by atoms with Gasteiger partial charge >= 0.3 is 0 Å². The number of hydrogen-bond donors (Lipinski definition) is 0.